The molecule has 1 heterocycles. The van der Waals surface area contributed by atoms with Gasteiger partial charge in [-0.2, -0.15) is 4.57 Å². The van der Waals surface area contributed by atoms with Gasteiger partial charge in [0.25, 0.3) is 0 Å². The largest absolute Gasteiger partial charge is 0.287 e. The highest BCUT2D eigenvalue weighted by molar-refractivity contribution is 7.20. The first kappa shape index (κ1) is 46.5. The molecule has 0 atom stereocenters. The van der Waals surface area contributed by atoms with E-state index in [0.29, 0.717) is 6.07 Å². The Morgan fingerprint density at radius 3 is 0.887 bits per heavy atom. The second kappa shape index (κ2) is 17.1. The summed E-state index contributed by atoms with van der Waals surface area (Å²) in [5, 5.41) is 0. The number of benzene rings is 5. The normalized spacial score (nSPS) is 11.5. The van der Waals surface area contributed by atoms with E-state index >= 15 is 35.1 Å². The minimum Gasteiger partial charge on any atom is -0.287 e. The zero-order valence-corrected chi connectivity index (χ0v) is 29.1. The Morgan fingerprint density at radius 1 is 0.371 bits per heavy atom. The molecule has 0 radical (unpaired) electrons. The molecule has 6 aromatic rings. The van der Waals surface area contributed by atoms with Crippen molar-refractivity contribution in [3.05, 3.63) is 182 Å². The number of rotatable bonds is 7. The van der Waals surface area contributed by atoms with Crippen molar-refractivity contribution in [2.24, 2.45) is 0 Å². The SMILES string of the molecule is Fc1c(F)c(F)c([B-](c2c(F)c(F)c(F)c(F)c2F)(c2c(F)c(F)c(F)c(F)c2F)c2c(F)c(F)c(F)c(F)c2F)c(F)c1F.O=C(C[n+]1ccccc1)c1ccc(F)cc1F. The van der Waals surface area contributed by atoms with E-state index in [0.717, 1.165) is 12.1 Å². The molecule has 0 amide bonds. The lowest BCUT2D eigenvalue weighted by Crippen LogP contribution is -2.81. The molecule has 0 aliphatic carbocycles. The van der Waals surface area contributed by atoms with Crippen molar-refractivity contribution in [1.82, 2.24) is 0 Å². The van der Waals surface area contributed by atoms with Crippen LogP contribution in [0.2, 0.25) is 0 Å². The zero-order valence-electron chi connectivity index (χ0n) is 29.1. The topological polar surface area (TPSA) is 20.9 Å². The van der Waals surface area contributed by atoms with Gasteiger partial charge in [0.1, 0.15) is 64.3 Å². The molecular weight excluding hydrogens is 903 g/mol. The van der Waals surface area contributed by atoms with Crippen molar-refractivity contribution < 1.29 is 106 Å². The zero-order chi connectivity index (χ0) is 46.6. The Kier molecular flexibility index (Phi) is 12.8. The van der Waals surface area contributed by atoms with Gasteiger partial charge >= 0.3 is 0 Å². The number of carbonyl (C=O) groups excluding carboxylic acids is 1. The third kappa shape index (κ3) is 7.24. The molecule has 326 valence electrons. The fourth-order valence-electron chi connectivity index (χ4n) is 6.38. The summed E-state index contributed by atoms with van der Waals surface area (Å²) in [6.45, 7) is 0.0311. The molecule has 0 spiro atoms. The van der Waals surface area contributed by atoms with Crippen LogP contribution in [0.3, 0.4) is 0 Å². The van der Waals surface area contributed by atoms with E-state index in [1.807, 2.05) is 6.07 Å². The summed E-state index contributed by atoms with van der Waals surface area (Å²) in [6, 6.07) is 8.31. The van der Waals surface area contributed by atoms with Gasteiger partial charge in [-0.15, -0.1) is 21.9 Å². The maximum atomic E-state index is 15.4. The molecule has 2 nitrogen and oxygen atoms in total. The van der Waals surface area contributed by atoms with Crippen LogP contribution in [0.4, 0.5) is 96.6 Å². The van der Waals surface area contributed by atoms with Gasteiger partial charge in [-0.05, 0) is 12.1 Å². The van der Waals surface area contributed by atoms with Crippen LogP contribution in [0.1, 0.15) is 10.4 Å². The van der Waals surface area contributed by atoms with E-state index in [9.17, 15) is 66.3 Å². The summed E-state index contributed by atoms with van der Waals surface area (Å²) in [5.74, 6) is -73.3. The summed E-state index contributed by atoms with van der Waals surface area (Å²) in [5.41, 5.74) is -14.4. The third-order valence-corrected chi connectivity index (χ3v) is 9.04. The van der Waals surface area contributed by atoms with Gasteiger partial charge in [-0.1, -0.05) is 6.07 Å². The van der Waals surface area contributed by atoms with Crippen molar-refractivity contribution in [2.45, 2.75) is 6.54 Å². The van der Waals surface area contributed by atoms with Crippen LogP contribution in [-0.4, -0.2) is 11.9 Å². The summed E-state index contributed by atoms with van der Waals surface area (Å²) in [7, 11) is 0. The summed E-state index contributed by atoms with van der Waals surface area (Å²) in [6.07, 6.45) is -3.80. The molecule has 1 aromatic heterocycles. The van der Waals surface area contributed by atoms with Crippen LogP contribution in [0.15, 0.2) is 48.8 Å². The lowest BCUT2D eigenvalue weighted by molar-refractivity contribution is -0.683. The van der Waals surface area contributed by atoms with Crippen LogP contribution < -0.4 is 26.4 Å². The fourth-order valence-corrected chi connectivity index (χ4v) is 6.38. The third-order valence-electron chi connectivity index (χ3n) is 9.04. The van der Waals surface area contributed by atoms with Gasteiger partial charge < -0.3 is 0 Å². The molecule has 0 saturated heterocycles. The molecule has 0 aliphatic heterocycles. The highest BCUT2D eigenvalue weighted by atomic mass is 19.2. The number of pyridine rings is 1. The Morgan fingerprint density at radius 2 is 0.629 bits per heavy atom. The molecule has 5 aromatic carbocycles. The molecule has 0 N–H and O–H groups in total. The molecule has 0 unspecified atom stereocenters. The minimum atomic E-state index is -7.22. The number of ketones is 1. The van der Waals surface area contributed by atoms with Crippen molar-refractivity contribution in [1.29, 1.82) is 0 Å². The molecule has 25 heteroatoms. The number of nitrogens with zero attached hydrogens (tertiary/aromatic N) is 1. The summed E-state index contributed by atoms with van der Waals surface area (Å²) >= 11 is 0. The summed E-state index contributed by atoms with van der Waals surface area (Å²) < 4.78 is 322. The highest BCUT2D eigenvalue weighted by Crippen LogP contribution is 2.30. The van der Waals surface area contributed by atoms with Crippen molar-refractivity contribution in [3.8, 4) is 0 Å². The quantitative estimate of drug-likeness (QED) is 0.0398. The molecule has 0 fully saturated rings. The molecular formula is C37H10BF22NO. The average Bonchev–Trinajstić information content (AvgIpc) is 3.24. The molecule has 0 saturated carbocycles. The number of Topliss-reactive ketones (excluding diaryl/α,β-unsaturated/α-hetero) is 1. The van der Waals surface area contributed by atoms with Crippen molar-refractivity contribution in [2.75, 3.05) is 0 Å². The molecule has 0 aliphatic rings. The van der Waals surface area contributed by atoms with Crippen molar-refractivity contribution in [3.63, 3.8) is 0 Å². The van der Waals surface area contributed by atoms with Crippen LogP contribution in [-0.2, 0) is 6.54 Å². The minimum absolute atomic E-state index is 0.0311. The van der Waals surface area contributed by atoms with Crippen LogP contribution in [0.25, 0.3) is 0 Å². The first-order chi connectivity index (χ1) is 28.9. The van der Waals surface area contributed by atoms with Gasteiger partial charge in [0.05, 0.1) is 5.56 Å². The molecule has 6 rings (SSSR count). The van der Waals surface area contributed by atoms with Gasteiger partial charge in [0.15, 0.2) is 82.2 Å². The second-order valence-electron chi connectivity index (χ2n) is 12.4. The fraction of sp³-hybridized carbons (Fsp3) is 0.0270. The lowest BCUT2D eigenvalue weighted by atomic mass is 9.12. The second-order valence-corrected chi connectivity index (χ2v) is 12.4. The van der Waals surface area contributed by atoms with E-state index in [4.69, 9.17) is 0 Å². The van der Waals surface area contributed by atoms with Crippen LogP contribution >= 0.6 is 0 Å². The standard InChI is InChI=1S/C24BF20.C13H10F2NO/c26-5-1(6(27)14(35)21(42)13(5)34)25(2-7(28)15(36)22(43)16(37)8(2)29,3-9(30)17(38)23(44)18(39)10(3)31)4-11(32)19(40)24(45)20(41)12(4)33;14-10-4-5-11(12(15)8-10)13(17)9-16-6-2-1-3-7-16/h;1-8H,9H2/q-1;+1. The monoisotopic (exact) mass is 913 g/mol. The van der Waals surface area contributed by atoms with Crippen LogP contribution in [0.5, 0.6) is 0 Å². The highest BCUT2D eigenvalue weighted by Gasteiger charge is 2.52. The Labute approximate surface area is 328 Å². The van der Waals surface area contributed by atoms with Gasteiger partial charge in [-0.25, -0.2) is 96.6 Å². The number of carbonyl (C=O) groups is 1. The van der Waals surface area contributed by atoms with Crippen LogP contribution in [0, 0.1) is 128 Å². The average molecular weight is 913 g/mol. The predicted octanol–water partition coefficient (Wildman–Crippen LogP) is 7.98. The Hall–Kier alpha value is -6.56. The van der Waals surface area contributed by atoms with E-state index in [1.165, 1.54) is 0 Å². The maximum Gasteiger partial charge on any atom is 0.230 e. The number of halogens is 22. The number of hydrogen-bond acceptors (Lipinski definition) is 1. The lowest BCUT2D eigenvalue weighted by Gasteiger charge is -2.44. The van der Waals surface area contributed by atoms with E-state index in [1.54, 1.807) is 29.1 Å². The Bertz CT molecular complexity index is 2440. The van der Waals surface area contributed by atoms with Crippen molar-refractivity contribution >= 4 is 33.8 Å². The van der Waals surface area contributed by atoms with E-state index < -0.39 is 162 Å². The van der Waals surface area contributed by atoms with Gasteiger partial charge in [-0.3, -0.25) is 4.79 Å². The first-order valence-corrected chi connectivity index (χ1v) is 16.0. The maximum absolute atomic E-state index is 15.4. The smallest absolute Gasteiger partial charge is 0.230 e. The summed E-state index contributed by atoms with van der Waals surface area (Å²) in [4.78, 5) is 11.8. The Balaban J connectivity index is 0.000000355. The first-order valence-electron chi connectivity index (χ1n) is 16.0. The van der Waals surface area contributed by atoms with E-state index in [-0.39, 0.29) is 12.1 Å². The number of aromatic nitrogens is 1. The predicted molar refractivity (Wildman–Crippen MR) is 167 cm³/mol. The molecule has 0 bridgehead atoms. The molecule has 62 heavy (non-hydrogen) atoms. The number of hydrogen-bond donors (Lipinski definition) is 0. The van der Waals surface area contributed by atoms with E-state index in [2.05, 4.69) is 0 Å². The van der Waals surface area contributed by atoms with Gasteiger partial charge in [0.2, 0.25) is 12.3 Å². The van der Waals surface area contributed by atoms with Gasteiger partial charge in [0, 0.05) is 18.2 Å².